The van der Waals surface area contributed by atoms with Crippen LogP contribution in [-0.4, -0.2) is 113 Å². The molecule has 1 fully saturated rings. The van der Waals surface area contributed by atoms with Crippen LogP contribution in [0.3, 0.4) is 0 Å². The van der Waals surface area contributed by atoms with E-state index in [0.717, 1.165) is 31.2 Å². The predicted molar refractivity (Wildman–Crippen MR) is 247 cm³/mol. The van der Waals surface area contributed by atoms with Crippen LogP contribution in [0.4, 0.5) is 13.9 Å². The molecule has 3 aromatic rings. The van der Waals surface area contributed by atoms with Crippen LogP contribution in [0.2, 0.25) is 0 Å². The van der Waals surface area contributed by atoms with E-state index < -0.39 is 111 Å². The third-order valence-corrected chi connectivity index (χ3v) is 13.8. The van der Waals surface area contributed by atoms with Gasteiger partial charge in [-0.25, -0.2) is 18.5 Å². The first-order valence-electron chi connectivity index (χ1n) is 22.6. The lowest BCUT2D eigenvalue weighted by Gasteiger charge is -2.31. The molecule has 2 aromatic heterocycles. The van der Waals surface area contributed by atoms with Crippen LogP contribution in [0.25, 0.3) is 0 Å². The largest absolute Gasteiger partial charge is 0.344 e. The van der Waals surface area contributed by atoms with Crippen LogP contribution >= 0.6 is 11.3 Å². The van der Waals surface area contributed by atoms with Gasteiger partial charge < -0.3 is 26.6 Å². The van der Waals surface area contributed by atoms with Gasteiger partial charge in [-0.05, 0) is 54.7 Å². The number of ketones is 1. The Bertz CT molecular complexity index is 2390. The summed E-state index contributed by atoms with van der Waals surface area (Å²) in [5, 5.41) is 21.3. The molecule has 5 atom stereocenters. The van der Waals surface area contributed by atoms with Crippen LogP contribution in [0.5, 0.6) is 0 Å². The third-order valence-electron chi connectivity index (χ3n) is 11.3. The highest BCUT2D eigenvalue weighted by molar-refractivity contribution is 7.92. The molecule has 4 rings (SSSR count). The summed E-state index contributed by atoms with van der Waals surface area (Å²) in [6.07, 6.45) is 4.62. The minimum Gasteiger partial charge on any atom is -0.344 e. The number of sulfonamides is 1. The van der Waals surface area contributed by atoms with Crippen molar-refractivity contribution in [1.82, 2.24) is 51.5 Å². The first-order chi connectivity index (χ1) is 32.7. The number of rotatable bonds is 25. The molecule has 69 heavy (non-hydrogen) atoms. The first-order valence-corrected chi connectivity index (χ1v) is 24.9. The maximum absolute atomic E-state index is 14.1. The lowest BCUT2D eigenvalue weighted by atomic mass is 9.84. The normalized spacial score (nSPS) is 15.1. The standard InChI is InChI=1S/C44H59F2N11O10S2/c1-6-25(5)35(53-39(62)30(19-24(3)4)51-40(63)32-22-47-17-18-48-32)41(64)52-31(20-27-11-9-8-10-12-27)38(61)50-29(21-33(45)46)36(59)42(65)49-23-34(58)57-69(66,67)44-56-55-43(68-44)54-37(60)28-15-13-26(7-2)14-16-28/h13-18,22,24-25,27,29-31,33,35H,6-12,19-21,23H2,1-5H3,(H,49,65)(H,50,61)(H,51,63)(H,52,64)(H,53,62)(H,57,58)(H,54,55,60). The fourth-order valence-electron chi connectivity index (χ4n) is 7.30. The van der Waals surface area contributed by atoms with Crippen LogP contribution in [0, 0.1) is 17.8 Å². The number of aryl methyl sites for hydroxylation is 1. The van der Waals surface area contributed by atoms with E-state index in [9.17, 15) is 55.6 Å². The minimum absolute atomic E-state index is 0.0225. The lowest BCUT2D eigenvalue weighted by Crippen LogP contribution is -2.60. The number of halogens is 2. The number of benzene rings is 1. The number of carbonyl (C=O) groups excluding carboxylic acids is 8. The van der Waals surface area contributed by atoms with Gasteiger partial charge in [0.1, 0.15) is 29.9 Å². The highest BCUT2D eigenvalue weighted by Gasteiger charge is 2.37. The Hall–Kier alpha value is -6.37. The Labute approximate surface area is 402 Å². The monoisotopic (exact) mass is 1000 g/mol. The average Bonchev–Trinajstić information content (AvgIpc) is 3.81. The maximum Gasteiger partial charge on any atom is 0.293 e. The zero-order valence-electron chi connectivity index (χ0n) is 38.9. The smallest absolute Gasteiger partial charge is 0.293 e. The van der Waals surface area contributed by atoms with Crippen LogP contribution < -0.4 is 36.6 Å². The zero-order chi connectivity index (χ0) is 50.8. The van der Waals surface area contributed by atoms with E-state index in [0.29, 0.717) is 30.6 Å². The number of nitrogens with one attached hydrogen (secondary N) is 7. The van der Waals surface area contributed by atoms with Gasteiger partial charge in [-0.15, -0.1) is 10.2 Å². The molecule has 7 N–H and O–H groups in total. The molecule has 1 saturated carbocycles. The van der Waals surface area contributed by atoms with Crippen molar-refractivity contribution in [3.63, 3.8) is 0 Å². The number of Topliss-reactive ketones (excluding diaryl/α,β-unsaturated/α-hetero) is 1. The van der Waals surface area contributed by atoms with Gasteiger partial charge in [-0.2, -0.15) is 8.42 Å². The summed E-state index contributed by atoms with van der Waals surface area (Å²) < 4.78 is 54.5. The second-order valence-corrected chi connectivity index (χ2v) is 19.9. The fraction of sp³-hybridized carbons (Fsp3) is 0.545. The van der Waals surface area contributed by atoms with E-state index in [4.69, 9.17) is 0 Å². The highest BCUT2D eigenvalue weighted by Crippen LogP contribution is 2.28. The number of hydrogen-bond donors (Lipinski definition) is 7. The van der Waals surface area contributed by atoms with Gasteiger partial charge in [0.15, 0.2) is 0 Å². The van der Waals surface area contributed by atoms with Crippen molar-refractivity contribution >= 4 is 73.6 Å². The van der Waals surface area contributed by atoms with Crippen LogP contribution in [-0.2, 0) is 45.2 Å². The molecule has 0 saturated heterocycles. The van der Waals surface area contributed by atoms with Gasteiger partial charge in [0.05, 0.1) is 12.7 Å². The van der Waals surface area contributed by atoms with E-state index in [2.05, 4.69) is 46.7 Å². The summed E-state index contributed by atoms with van der Waals surface area (Å²) >= 11 is 0.412. The van der Waals surface area contributed by atoms with E-state index in [1.54, 1.807) is 42.8 Å². The van der Waals surface area contributed by atoms with Gasteiger partial charge in [0.25, 0.3) is 38.0 Å². The molecule has 7 amide bonds. The van der Waals surface area contributed by atoms with Crippen molar-refractivity contribution in [2.75, 3.05) is 11.9 Å². The van der Waals surface area contributed by atoms with Gasteiger partial charge in [0, 0.05) is 24.4 Å². The Kier molecular flexibility index (Phi) is 21.1. The van der Waals surface area contributed by atoms with Crippen molar-refractivity contribution in [2.24, 2.45) is 17.8 Å². The summed E-state index contributed by atoms with van der Waals surface area (Å²) in [4.78, 5) is 114. The summed E-state index contributed by atoms with van der Waals surface area (Å²) in [5.41, 5.74) is 1.21. The van der Waals surface area contributed by atoms with E-state index in [1.807, 2.05) is 26.1 Å². The average molecular weight is 1000 g/mol. The van der Waals surface area contributed by atoms with E-state index in [-0.39, 0.29) is 41.1 Å². The van der Waals surface area contributed by atoms with E-state index in [1.165, 1.54) is 18.6 Å². The summed E-state index contributed by atoms with van der Waals surface area (Å²) in [5.74, 6) is -9.15. The third kappa shape index (κ3) is 17.3. The molecule has 376 valence electrons. The number of nitrogens with zero attached hydrogens (tertiary/aromatic N) is 4. The highest BCUT2D eigenvalue weighted by atomic mass is 32.2. The molecule has 5 unspecified atom stereocenters. The van der Waals surface area contributed by atoms with Crippen LogP contribution in [0.15, 0.2) is 47.2 Å². The number of amides is 7. The lowest BCUT2D eigenvalue weighted by molar-refractivity contribution is -0.141. The molecule has 21 nitrogen and oxygen atoms in total. The molecule has 0 radical (unpaired) electrons. The quantitative estimate of drug-likeness (QED) is 0.0475. The molecule has 0 bridgehead atoms. The second kappa shape index (κ2) is 26.4. The van der Waals surface area contributed by atoms with Crippen molar-refractivity contribution in [3.8, 4) is 0 Å². The zero-order valence-corrected chi connectivity index (χ0v) is 40.5. The van der Waals surface area contributed by atoms with Crippen molar-refractivity contribution in [3.05, 3.63) is 59.7 Å². The second-order valence-electron chi connectivity index (χ2n) is 17.1. The molecule has 2 heterocycles. The first kappa shape index (κ1) is 55.2. The number of anilines is 1. The Morgan fingerprint density at radius 2 is 1.45 bits per heavy atom. The number of hydrogen-bond acceptors (Lipinski definition) is 15. The van der Waals surface area contributed by atoms with Gasteiger partial charge in [-0.3, -0.25) is 48.7 Å². The van der Waals surface area contributed by atoms with Gasteiger partial charge in [-0.1, -0.05) is 96.6 Å². The van der Waals surface area contributed by atoms with Crippen LogP contribution in [0.1, 0.15) is 119 Å². The summed E-state index contributed by atoms with van der Waals surface area (Å²) in [7, 11) is -4.72. The summed E-state index contributed by atoms with van der Waals surface area (Å²) in [6, 6.07) is 0.672. The topological polar surface area (TPSA) is 306 Å². The number of carbonyl (C=O) groups is 8. The van der Waals surface area contributed by atoms with Crippen molar-refractivity contribution in [2.45, 2.75) is 134 Å². The fourth-order valence-corrected chi connectivity index (χ4v) is 9.18. The SMILES string of the molecule is CCc1ccc(C(=O)Nc2nnc(S(=O)(=O)NC(=O)CNC(=O)C(=O)C(CC(F)F)NC(=O)C(CC3CCCCC3)NC(=O)C(NC(=O)C(CC(C)C)NC(=O)c3cnccn3)C(C)CC)s2)cc1. The molecule has 1 aliphatic rings. The van der Waals surface area contributed by atoms with Crippen molar-refractivity contribution in [1.29, 1.82) is 0 Å². The van der Waals surface area contributed by atoms with Crippen molar-refractivity contribution < 1.29 is 55.6 Å². The van der Waals surface area contributed by atoms with Gasteiger partial charge in [0.2, 0.25) is 35.1 Å². The molecule has 0 aliphatic heterocycles. The minimum atomic E-state index is -4.72. The molecule has 0 spiro atoms. The summed E-state index contributed by atoms with van der Waals surface area (Å²) in [6.45, 7) is 7.92. The van der Waals surface area contributed by atoms with E-state index >= 15 is 0 Å². The number of aromatic nitrogens is 4. The predicted octanol–water partition coefficient (Wildman–Crippen LogP) is 2.60. The molecular formula is C44H59F2N11O10S2. The maximum atomic E-state index is 14.1. The van der Waals surface area contributed by atoms with Gasteiger partial charge >= 0.3 is 0 Å². The Morgan fingerprint density at radius 1 is 0.783 bits per heavy atom. The number of alkyl halides is 2. The Morgan fingerprint density at radius 3 is 2.06 bits per heavy atom. The molecule has 1 aliphatic carbocycles. The molecule has 25 heteroatoms. The molecular weight excluding hydrogens is 945 g/mol. The molecule has 1 aromatic carbocycles. The Balaban J connectivity index is 1.43.